The molecule has 134 valence electrons. The molecule has 6 nitrogen and oxygen atoms in total. The minimum Gasteiger partial charge on any atom is -0.497 e. The molecule has 0 saturated heterocycles. The number of amides is 1. The Morgan fingerprint density at radius 3 is 2.58 bits per heavy atom. The van der Waals surface area contributed by atoms with Crippen molar-refractivity contribution >= 4 is 17.5 Å². The highest BCUT2D eigenvalue weighted by molar-refractivity contribution is 6.31. The van der Waals surface area contributed by atoms with Gasteiger partial charge < -0.3 is 14.8 Å². The molecule has 0 aliphatic heterocycles. The number of halogens is 1. The van der Waals surface area contributed by atoms with Gasteiger partial charge in [-0.15, -0.1) is 5.10 Å². The fourth-order valence-corrected chi connectivity index (χ4v) is 2.46. The van der Waals surface area contributed by atoms with Crippen molar-refractivity contribution in [3.63, 3.8) is 0 Å². The molecule has 1 heterocycles. The predicted octanol–water partition coefficient (Wildman–Crippen LogP) is 3.23. The van der Waals surface area contributed by atoms with Gasteiger partial charge in [-0.3, -0.25) is 4.79 Å². The van der Waals surface area contributed by atoms with Crippen LogP contribution >= 0.6 is 11.6 Å². The summed E-state index contributed by atoms with van der Waals surface area (Å²) in [6.45, 7) is 0.236. The summed E-state index contributed by atoms with van der Waals surface area (Å²) in [5.41, 5.74) is 1.82. The van der Waals surface area contributed by atoms with E-state index in [2.05, 4.69) is 10.4 Å². The predicted molar refractivity (Wildman–Crippen MR) is 98.9 cm³/mol. The molecule has 26 heavy (non-hydrogen) atoms. The van der Waals surface area contributed by atoms with Crippen molar-refractivity contribution < 1.29 is 14.3 Å². The number of nitrogens with zero attached hydrogens (tertiary/aromatic N) is 2. The molecule has 0 spiro atoms. The van der Waals surface area contributed by atoms with Crippen LogP contribution in [0.5, 0.6) is 11.6 Å². The van der Waals surface area contributed by atoms with Crippen LogP contribution in [0.1, 0.15) is 5.56 Å². The molecular formula is C19H18ClN3O3. The average molecular weight is 372 g/mol. The SMILES string of the molecule is COc1ccc(CNC(=O)COc2nn(-c3ccccc3)cc2Cl)cc1. The van der Waals surface area contributed by atoms with E-state index < -0.39 is 0 Å². The van der Waals surface area contributed by atoms with Crippen molar-refractivity contribution in [2.75, 3.05) is 13.7 Å². The molecule has 1 aromatic heterocycles. The Morgan fingerprint density at radius 1 is 1.15 bits per heavy atom. The number of nitrogens with one attached hydrogen (secondary N) is 1. The van der Waals surface area contributed by atoms with Gasteiger partial charge in [0.15, 0.2) is 6.61 Å². The first-order valence-electron chi connectivity index (χ1n) is 7.99. The first-order chi connectivity index (χ1) is 12.7. The molecule has 3 rings (SSSR count). The summed E-state index contributed by atoms with van der Waals surface area (Å²) in [7, 11) is 1.61. The van der Waals surface area contributed by atoms with Crippen LogP contribution in [0.2, 0.25) is 5.02 Å². The van der Waals surface area contributed by atoms with Gasteiger partial charge in [-0.1, -0.05) is 41.9 Å². The Bertz CT molecular complexity index is 863. The van der Waals surface area contributed by atoms with E-state index in [1.807, 2.05) is 54.6 Å². The summed E-state index contributed by atoms with van der Waals surface area (Å²) in [5, 5.41) is 7.38. The summed E-state index contributed by atoms with van der Waals surface area (Å²) in [5.74, 6) is 0.730. The van der Waals surface area contributed by atoms with Gasteiger partial charge in [-0.25, -0.2) is 4.68 Å². The van der Waals surface area contributed by atoms with E-state index in [0.717, 1.165) is 17.0 Å². The molecule has 0 atom stereocenters. The first-order valence-corrected chi connectivity index (χ1v) is 8.36. The quantitative estimate of drug-likeness (QED) is 0.692. The van der Waals surface area contributed by atoms with E-state index in [4.69, 9.17) is 21.1 Å². The van der Waals surface area contributed by atoms with Gasteiger partial charge >= 0.3 is 0 Å². The maximum absolute atomic E-state index is 12.0. The molecule has 0 radical (unpaired) electrons. The van der Waals surface area contributed by atoms with Crippen molar-refractivity contribution in [2.45, 2.75) is 6.54 Å². The molecule has 1 amide bonds. The second-order valence-electron chi connectivity index (χ2n) is 5.48. The topological polar surface area (TPSA) is 65.4 Å². The van der Waals surface area contributed by atoms with Crippen LogP contribution in [0, 0.1) is 0 Å². The van der Waals surface area contributed by atoms with Crippen LogP contribution in [-0.2, 0) is 11.3 Å². The largest absolute Gasteiger partial charge is 0.497 e. The Labute approximate surface area is 156 Å². The minimum atomic E-state index is -0.258. The number of benzene rings is 2. The number of hydrogen-bond donors (Lipinski definition) is 1. The average Bonchev–Trinajstić information content (AvgIpc) is 3.06. The number of ether oxygens (including phenoxy) is 2. The van der Waals surface area contributed by atoms with Crippen molar-refractivity contribution in [2.24, 2.45) is 0 Å². The highest BCUT2D eigenvalue weighted by Crippen LogP contribution is 2.23. The van der Waals surface area contributed by atoms with E-state index >= 15 is 0 Å². The zero-order chi connectivity index (χ0) is 18.4. The summed E-state index contributed by atoms with van der Waals surface area (Å²) in [4.78, 5) is 12.0. The minimum absolute atomic E-state index is 0.165. The molecule has 0 aliphatic rings. The molecule has 7 heteroatoms. The summed E-state index contributed by atoms with van der Waals surface area (Å²) in [6.07, 6.45) is 1.64. The van der Waals surface area contributed by atoms with Gasteiger partial charge in [-0.2, -0.15) is 0 Å². The summed E-state index contributed by atoms with van der Waals surface area (Å²) >= 11 is 6.13. The molecule has 0 bridgehead atoms. The fourth-order valence-electron chi connectivity index (χ4n) is 2.28. The Morgan fingerprint density at radius 2 is 1.88 bits per heavy atom. The molecule has 0 unspecified atom stereocenters. The van der Waals surface area contributed by atoms with Crippen LogP contribution in [0.15, 0.2) is 60.8 Å². The Balaban J connectivity index is 1.52. The summed E-state index contributed by atoms with van der Waals surface area (Å²) < 4.78 is 12.1. The number of para-hydroxylation sites is 1. The maximum Gasteiger partial charge on any atom is 0.258 e. The molecule has 1 N–H and O–H groups in total. The van der Waals surface area contributed by atoms with Crippen LogP contribution in [-0.4, -0.2) is 29.4 Å². The highest BCUT2D eigenvalue weighted by atomic mass is 35.5. The lowest BCUT2D eigenvalue weighted by Gasteiger charge is -2.07. The van der Waals surface area contributed by atoms with E-state index in [9.17, 15) is 4.79 Å². The standard InChI is InChI=1S/C19H18ClN3O3/c1-25-16-9-7-14(8-10-16)11-21-18(24)13-26-19-17(20)12-23(22-19)15-5-3-2-4-6-15/h2-10,12H,11,13H2,1H3,(H,21,24). The zero-order valence-electron chi connectivity index (χ0n) is 14.2. The van der Waals surface area contributed by atoms with Crippen molar-refractivity contribution in [3.8, 4) is 17.3 Å². The van der Waals surface area contributed by atoms with Crippen molar-refractivity contribution in [3.05, 3.63) is 71.4 Å². The van der Waals surface area contributed by atoms with Gasteiger partial charge in [0.05, 0.1) is 19.0 Å². The van der Waals surface area contributed by atoms with E-state index in [0.29, 0.717) is 11.6 Å². The normalized spacial score (nSPS) is 10.4. The van der Waals surface area contributed by atoms with Gasteiger partial charge in [0.1, 0.15) is 10.8 Å². The van der Waals surface area contributed by atoms with Gasteiger partial charge in [0, 0.05) is 6.54 Å². The third kappa shape index (κ3) is 4.55. The van der Waals surface area contributed by atoms with E-state index in [1.54, 1.807) is 18.0 Å². The Hall–Kier alpha value is -2.99. The number of carbonyl (C=O) groups is 1. The second-order valence-corrected chi connectivity index (χ2v) is 5.88. The van der Waals surface area contributed by atoms with E-state index in [1.165, 1.54) is 0 Å². The monoisotopic (exact) mass is 371 g/mol. The molecule has 0 aliphatic carbocycles. The maximum atomic E-state index is 12.0. The fraction of sp³-hybridized carbons (Fsp3) is 0.158. The van der Waals surface area contributed by atoms with Crippen molar-refractivity contribution in [1.29, 1.82) is 0 Å². The molecule has 0 fully saturated rings. The van der Waals surface area contributed by atoms with Crippen LogP contribution in [0.3, 0.4) is 0 Å². The lowest BCUT2D eigenvalue weighted by Crippen LogP contribution is -2.28. The third-order valence-corrected chi connectivity index (χ3v) is 3.91. The zero-order valence-corrected chi connectivity index (χ0v) is 14.9. The smallest absolute Gasteiger partial charge is 0.258 e. The third-order valence-electron chi connectivity index (χ3n) is 3.65. The highest BCUT2D eigenvalue weighted by Gasteiger charge is 2.11. The number of methoxy groups -OCH3 is 1. The number of hydrogen-bond acceptors (Lipinski definition) is 4. The van der Waals surface area contributed by atoms with Gasteiger partial charge in [-0.05, 0) is 29.8 Å². The van der Waals surface area contributed by atoms with Gasteiger partial charge in [0.2, 0.25) is 0 Å². The molecule has 3 aromatic rings. The van der Waals surface area contributed by atoms with Crippen LogP contribution < -0.4 is 14.8 Å². The summed E-state index contributed by atoms with van der Waals surface area (Å²) in [6, 6.07) is 17.0. The van der Waals surface area contributed by atoms with Crippen molar-refractivity contribution in [1.82, 2.24) is 15.1 Å². The van der Waals surface area contributed by atoms with Crippen LogP contribution in [0.25, 0.3) is 5.69 Å². The van der Waals surface area contributed by atoms with Crippen LogP contribution in [0.4, 0.5) is 0 Å². The number of aromatic nitrogens is 2. The second kappa shape index (κ2) is 8.40. The van der Waals surface area contributed by atoms with E-state index in [-0.39, 0.29) is 18.4 Å². The lowest BCUT2D eigenvalue weighted by atomic mass is 10.2. The lowest BCUT2D eigenvalue weighted by molar-refractivity contribution is -0.123. The van der Waals surface area contributed by atoms with Gasteiger partial charge in [0.25, 0.3) is 11.8 Å². The first kappa shape index (κ1) is 17.8. The molecule has 2 aromatic carbocycles. The molecule has 0 saturated carbocycles. The molecular weight excluding hydrogens is 354 g/mol. The number of rotatable bonds is 7. The Kier molecular flexibility index (Phi) is 5.76. The number of carbonyl (C=O) groups excluding carboxylic acids is 1.